The minimum atomic E-state index is -0.555. The zero-order valence-corrected chi connectivity index (χ0v) is 10.3. The van der Waals surface area contributed by atoms with Gasteiger partial charge in [0.2, 0.25) is 0 Å². The van der Waals surface area contributed by atoms with Gasteiger partial charge in [0.05, 0.1) is 5.56 Å². The van der Waals surface area contributed by atoms with Crippen molar-refractivity contribution in [3.8, 4) is 6.07 Å². The third-order valence-electron chi connectivity index (χ3n) is 2.31. The molecule has 0 atom stereocenters. The van der Waals surface area contributed by atoms with E-state index in [-0.39, 0.29) is 0 Å². The Labute approximate surface area is 106 Å². The summed E-state index contributed by atoms with van der Waals surface area (Å²) in [4.78, 5) is 11.3. The van der Waals surface area contributed by atoms with Gasteiger partial charge in [0.1, 0.15) is 6.07 Å². The van der Waals surface area contributed by atoms with Crippen molar-refractivity contribution in [2.24, 2.45) is 0 Å². The first-order valence-corrected chi connectivity index (χ1v) is 5.63. The maximum atomic E-state index is 11.3. The molecule has 16 heavy (non-hydrogen) atoms. The summed E-state index contributed by atoms with van der Waals surface area (Å²) < 4.78 is 0.687. The number of nitriles is 1. The van der Waals surface area contributed by atoms with Crippen LogP contribution in [-0.2, 0) is 0 Å². The summed E-state index contributed by atoms with van der Waals surface area (Å²) in [5.74, 6) is 0. The molecule has 2 nitrogen and oxygen atoms in total. The molecule has 0 saturated carbocycles. The number of hydrogen-bond acceptors (Lipinski definition) is 2. The summed E-state index contributed by atoms with van der Waals surface area (Å²) in [5, 5.41) is 9.95. The van der Waals surface area contributed by atoms with Crippen LogP contribution in [0.1, 0.15) is 15.9 Å². The fourth-order valence-corrected chi connectivity index (χ4v) is 2.29. The highest BCUT2D eigenvalue weighted by atomic mass is 79.9. The SMILES string of the molecule is N#Cc1cc(C(=O)Cl)c2ccccc2c1Br. The second-order valence-corrected chi connectivity index (χ2v) is 4.35. The Bertz CT molecular complexity index is 631. The van der Waals surface area contributed by atoms with Crippen LogP contribution in [0.5, 0.6) is 0 Å². The molecule has 0 heterocycles. The second kappa shape index (κ2) is 4.25. The monoisotopic (exact) mass is 293 g/mol. The van der Waals surface area contributed by atoms with Gasteiger partial charge in [-0.25, -0.2) is 0 Å². The number of carbonyl (C=O) groups is 1. The number of fused-ring (bicyclic) bond motifs is 1. The minimum absolute atomic E-state index is 0.358. The number of hydrogen-bond donors (Lipinski definition) is 0. The average molecular weight is 295 g/mol. The molecule has 0 unspecified atom stereocenters. The van der Waals surface area contributed by atoms with Crippen molar-refractivity contribution >= 4 is 43.5 Å². The number of carbonyl (C=O) groups excluding carboxylic acids is 1. The molecule has 4 heteroatoms. The van der Waals surface area contributed by atoms with Gasteiger partial charge in [0, 0.05) is 10.0 Å². The largest absolute Gasteiger partial charge is 0.276 e. The van der Waals surface area contributed by atoms with E-state index in [0.717, 1.165) is 10.8 Å². The Morgan fingerprint density at radius 2 is 1.94 bits per heavy atom. The van der Waals surface area contributed by atoms with E-state index in [0.29, 0.717) is 15.6 Å². The van der Waals surface area contributed by atoms with E-state index >= 15 is 0 Å². The number of nitrogens with zero attached hydrogens (tertiary/aromatic N) is 1. The fraction of sp³-hybridized carbons (Fsp3) is 0. The first kappa shape index (κ1) is 11.1. The maximum absolute atomic E-state index is 11.3. The predicted molar refractivity (Wildman–Crippen MR) is 66.5 cm³/mol. The first-order chi connectivity index (χ1) is 7.65. The molecule has 0 spiro atoms. The molecule has 0 aliphatic rings. The molecule has 0 aliphatic heterocycles. The summed E-state index contributed by atoms with van der Waals surface area (Å²) in [6.45, 7) is 0. The minimum Gasteiger partial charge on any atom is -0.276 e. The Morgan fingerprint density at radius 1 is 1.31 bits per heavy atom. The van der Waals surface area contributed by atoms with Crippen LogP contribution >= 0.6 is 27.5 Å². The molecule has 2 rings (SSSR count). The predicted octanol–water partition coefficient (Wildman–Crippen LogP) is 3.85. The van der Waals surface area contributed by atoms with E-state index in [1.54, 1.807) is 6.07 Å². The van der Waals surface area contributed by atoms with E-state index in [1.165, 1.54) is 6.07 Å². The van der Waals surface area contributed by atoms with Crippen LogP contribution in [0.25, 0.3) is 10.8 Å². The average Bonchev–Trinajstić information content (AvgIpc) is 2.29. The highest BCUT2D eigenvalue weighted by molar-refractivity contribution is 9.10. The lowest BCUT2D eigenvalue weighted by Gasteiger charge is -2.06. The van der Waals surface area contributed by atoms with E-state index in [9.17, 15) is 4.79 Å². The summed E-state index contributed by atoms with van der Waals surface area (Å²) >= 11 is 8.85. The van der Waals surface area contributed by atoms with Gasteiger partial charge in [-0.2, -0.15) is 5.26 Å². The van der Waals surface area contributed by atoms with Crippen molar-refractivity contribution in [1.29, 1.82) is 5.26 Å². The number of benzene rings is 2. The molecule has 0 aliphatic carbocycles. The fourth-order valence-electron chi connectivity index (χ4n) is 1.58. The van der Waals surface area contributed by atoms with Crippen molar-refractivity contribution in [2.45, 2.75) is 0 Å². The van der Waals surface area contributed by atoms with Crippen molar-refractivity contribution < 1.29 is 4.79 Å². The van der Waals surface area contributed by atoms with E-state index in [1.807, 2.05) is 24.3 Å². The van der Waals surface area contributed by atoms with E-state index in [2.05, 4.69) is 15.9 Å². The Morgan fingerprint density at radius 3 is 2.50 bits per heavy atom. The van der Waals surface area contributed by atoms with Gasteiger partial charge in [-0.1, -0.05) is 24.3 Å². The van der Waals surface area contributed by atoms with Crippen molar-refractivity contribution in [2.75, 3.05) is 0 Å². The van der Waals surface area contributed by atoms with Crippen LogP contribution < -0.4 is 0 Å². The molecular weight excluding hydrogens is 289 g/mol. The molecule has 0 radical (unpaired) electrons. The molecule has 0 amide bonds. The van der Waals surface area contributed by atoms with Crippen LogP contribution in [-0.4, -0.2) is 5.24 Å². The molecule has 2 aromatic rings. The van der Waals surface area contributed by atoms with Gasteiger partial charge >= 0.3 is 0 Å². The normalized spacial score (nSPS) is 10.1. The smallest absolute Gasteiger partial charge is 0.253 e. The van der Waals surface area contributed by atoms with Crippen LogP contribution in [0.3, 0.4) is 0 Å². The molecule has 0 saturated heterocycles. The second-order valence-electron chi connectivity index (χ2n) is 3.22. The summed E-state index contributed by atoms with van der Waals surface area (Å²) in [6.07, 6.45) is 0. The third kappa shape index (κ3) is 1.71. The standard InChI is InChI=1S/C12H5BrClNO/c13-11-7(6-15)5-10(12(14)16)8-3-1-2-4-9(8)11/h1-5H. The molecule has 0 N–H and O–H groups in total. The zero-order valence-electron chi connectivity index (χ0n) is 8.00. The highest BCUT2D eigenvalue weighted by Gasteiger charge is 2.13. The molecule has 0 fully saturated rings. The maximum Gasteiger partial charge on any atom is 0.253 e. The van der Waals surface area contributed by atoms with Crippen molar-refractivity contribution in [3.05, 3.63) is 45.9 Å². The quantitative estimate of drug-likeness (QED) is 0.750. The van der Waals surface area contributed by atoms with Crippen molar-refractivity contribution in [1.82, 2.24) is 0 Å². The third-order valence-corrected chi connectivity index (χ3v) is 3.37. The Kier molecular flexibility index (Phi) is 2.95. The van der Waals surface area contributed by atoms with Crippen LogP contribution in [0.4, 0.5) is 0 Å². The Balaban J connectivity index is 2.97. The zero-order chi connectivity index (χ0) is 11.7. The van der Waals surface area contributed by atoms with Gasteiger partial charge in [-0.05, 0) is 44.4 Å². The number of rotatable bonds is 1. The molecule has 2 aromatic carbocycles. The van der Waals surface area contributed by atoms with Gasteiger partial charge in [0.25, 0.3) is 5.24 Å². The lowest BCUT2D eigenvalue weighted by Crippen LogP contribution is -1.94. The molecule has 78 valence electrons. The van der Waals surface area contributed by atoms with Crippen LogP contribution in [0, 0.1) is 11.3 Å². The summed E-state index contributed by atoms with van der Waals surface area (Å²) in [7, 11) is 0. The molecule has 0 bridgehead atoms. The van der Waals surface area contributed by atoms with Gasteiger partial charge in [-0.15, -0.1) is 0 Å². The molecule has 0 aromatic heterocycles. The Hall–Kier alpha value is -1.37. The highest BCUT2D eigenvalue weighted by Crippen LogP contribution is 2.31. The molecular formula is C12H5BrClNO. The van der Waals surface area contributed by atoms with E-state index < -0.39 is 5.24 Å². The van der Waals surface area contributed by atoms with Crippen molar-refractivity contribution in [3.63, 3.8) is 0 Å². The van der Waals surface area contributed by atoms with Crippen LogP contribution in [0.15, 0.2) is 34.8 Å². The van der Waals surface area contributed by atoms with Gasteiger partial charge in [-0.3, -0.25) is 4.79 Å². The summed E-state index contributed by atoms with van der Waals surface area (Å²) in [5.41, 5.74) is 0.764. The van der Waals surface area contributed by atoms with E-state index in [4.69, 9.17) is 16.9 Å². The van der Waals surface area contributed by atoms with Gasteiger partial charge < -0.3 is 0 Å². The number of halogens is 2. The topological polar surface area (TPSA) is 40.9 Å². The lowest BCUT2D eigenvalue weighted by atomic mass is 10.0. The van der Waals surface area contributed by atoms with Crippen LogP contribution in [0.2, 0.25) is 0 Å². The summed E-state index contributed by atoms with van der Waals surface area (Å²) in [6, 6.07) is 10.8. The first-order valence-electron chi connectivity index (χ1n) is 4.46. The van der Waals surface area contributed by atoms with Gasteiger partial charge in [0.15, 0.2) is 0 Å². The lowest BCUT2D eigenvalue weighted by molar-refractivity contribution is 0.108.